The van der Waals surface area contributed by atoms with Crippen molar-refractivity contribution in [2.75, 3.05) is 6.61 Å². The van der Waals surface area contributed by atoms with Crippen LogP contribution < -0.4 is 0 Å². The molecule has 158 valence electrons. The molecule has 0 N–H and O–H groups in total. The smallest absolute Gasteiger partial charge is 0.192 e. The van der Waals surface area contributed by atoms with Crippen LogP contribution in [-0.2, 0) is 13.6 Å². The van der Waals surface area contributed by atoms with Gasteiger partial charge in [-0.1, -0.05) is 59.8 Å². The Morgan fingerprint density at radius 1 is 0.889 bits per heavy atom. The number of aldehydes is 1. The quantitative estimate of drug-likeness (QED) is 0.122. The zero-order chi connectivity index (χ0) is 21.4. The van der Waals surface area contributed by atoms with Gasteiger partial charge in [0.25, 0.3) is 0 Å². The summed E-state index contributed by atoms with van der Waals surface area (Å²) in [6, 6.07) is 0. The molecule has 0 spiro atoms. The summed E-state index contributed by atoms with van der Waals surface area (Å²) in [5, 5.41) is 0.424. The maximum Gasteiger partial charge on any atom is 0.192 e. The maximum absolute atomic E-state index is 10.7. The fourth-order valence-corrected chi connectivity index (χ4v) is 4.36. The number of rotatable bonds is 11. The highest BCUT2D eigenvalue weighted by Crippen LogP contribution is 2.38. The number of hydrogen-bond donors (Lipinski definition) is 0. The second-order valence-corrected chi connectivity index (χ2v) is 20.0. The van der Waals surface area contributed by atoms with Crippen LogP contribution in [-0.4, -0.2) is 35.6 Å². The minimum Gasteiger partial charge on any atom is -0.417 e. The van der Waals surface area contributed by atoms with Gasteiger partial charge >= 0.3 is 0 Å². The first kappa shape index (κ1) is 26.5. The van der Waals surface area contributed by atoms with Gasteiger partial charge in [-0.3, -0.25) is 4.79 Å². The van der Waals surface area contributed by atoms with Crippen LogP contribution in [0.15, 0.2) is 24.3 Å². The van der Waals surface area contributed by atoms with Crippen molar-refractivity contribution in [3.8, 4) is 0 Å². The van der Waals surface area contributed by atoms with Gasteiger partial charge in [0.15, 0.2) is 16.6 Å². The molecule has 0 rings (SSSR count). The third-order valence-corrected chi connectivity index (χ3v) is 15.0. The van der Waals surface area contributed by atoms with Gasteiger partial charge in [-0.2, -0.15) is 0 Å². The summed E-state index contributed by atoms with van der Waals surface area (Å²) in [6.07, 6.45) is 11.5. The van der Waals surface area contributed by atoms with Crippen LogP contribution in [0.25, 0.3) is 0 Å². The summed E-state index contributed by atoms with van der Waals surface area (Å²) < 4.78 is 12.7. The van der Waals surface area contributed by atoms with Crippen molar-refractivity contribution in [2.45, 2.75) is 103 Å². The van der Waals surface area contributed by atoms with Gasteiger partial charge in [-0.15, -0.1) is 0 Å². The van der Waals surface area contributed by atoms with E-state index in [1.54, 1.807) is 6.08 Å². The van der Waals surface area contributed by atoms with Gasteiger partial charge < -0.3 is 8.85 Å². The first-order chi connectivity index (χ1) is 12.1. The Morgan fingerprint density at radius 3 is 1.93 bits per heavy atom. The van der Waals surface area contributed by atoms with Crippen molar-refractivity contribution in [3.63, 3.8) is 0 Å². The van der Waals surface area contributed by atoms with Crippen LogP contribution in [0.2, 0.25) is 36.3 Å². The van der Waals surface area contributed by atoms with Crippen LogP contribution >= 0.6 is 0 Å². The lowest BCUT2D eigenvalue weighted by Gasteiger charge is -2.38. The second kappa shape index (κ2) is 10.9. The van der Waals surface area contributed by atoms with E-state index >= 15 is 0 Å². The monoisotopic (exact) mass is 412 g/mol. The average molecular weight is 413 g/mol. The predicted molar refractivity (Wildman–Crippen MR) is 123 cm³/mol. The van der Waals surface area contributed by atoms with Crippen molar-refractivity contribution in [3.05, 3.63) is 24.3 Å². The lowest BCUT2D eigenvalue weighted by atomic mass is 10.2. The van der Waals surface area contributed by atoms with E-state index in [0.717, 1.165) is 32.2 Å². The fraction of sp³-hybridized carbons (Fsp3) is 0.773. The van der Waals surface area contributed by atoms with Crippen LogP contribution in [0.4, 0.5) is 0 Å². The Labute approximate surface area is 170 Å². The number of carbonyl (C=O) groups excluding carboxylic acids is 1. The molecule has 0 heterocycles. The molecule has 1 atom stereocenters. The van der Waals surface area contributed by atoms with Crippen molar-refractivity contribution in [2.24, 2.45) is 0 Å². The molecular weight excluding hydrogens is 368 g/mol. The molecule has 0 aromatic rings. The standard InChI is InChI=1S/C22H44O3Si2/c1-21(2,3)26(7,8)24-19-14-12-11-13-16-20(17-15-18-23)25-27(9,10)22(4,5)6/h11,13,15,17-18,20H,12,14,16,19H2,1-10H3/b13-11-,17-15+/t20-/m0/s1. The lowest BCUT2D eigenvalue weighted by molar-refractivity contribution is -0.104. The van der Waals surface area contributed by atoms with E-state index in [1.165, 1.54) is 0 Å². The van der Waals surface area contributed by atoms with Crippen molar-refractivity contribution in [1.29, 1.82) is 0 Å². The van der Waals surface area contributed by atoms with E-state index in [1.807, 2.05) is 6.08 Å². The molecule has 0 saturated carbocycles. The third-order valence-electron chi connectivity index (χ3n) is 5.98. The number of allylic oxidation sites excluding steroid dienone is 2. The maximum atomic E-state index is 10.7. The topological polar surface area (TPSA) is 35.5 Å². The first-order valence-electron chi connectivity index (χ1n) is 10.2. The lowest BCUT2D eigenvalue weighted by Crippen LogP contribution is -2.43. The SMILES string of the molecule is CC(C)(C)[Si](C)(C)OCCC/C=C\C[C@@H](/C=C/C=O)O[Si](C)(C)C(C)(C)C. The molecule has 0 radical (unpaired) electrons. The Kier molecular flexibility index (Phi) is 10.7. The highest BCUT2D eigenvalue weighted by atomic mass is 28.4. The summed E-state index contributed by atoms with van der Waals surface area (Å²) in [7, 11) is -3.49. The summed E-state index contributed by atoms with van der Waals surface area (Å²) in [6.45, 7) is 23.4. The molecule has 0 aliphatic heterocycles. The molecule has 0 unspecified atom stereocenters. The Balaban J connectivity index is 4.49. The first-order valence-corrected chi connectivity index (χ1v) is 16.0. The van der Waals surface area contributed by atoms with E-state index in [2.05, 4.69) is 79.9 Å². The highest BCUT2D eigenvalue weighted by molar-refractivity contribution is 6.74. The van der Waals surface area contributed by atoms with E-state index in [9.17, 15) is 4.79 Å². The second-order valence-electron chi connectivity index (χ2n) is 10.4. The Morgan fingerprint density at radius 2 is 1.44 bits per heavy atom. The van der Waals surface area contributed by atoms with Crippen LogP contribution in [0.3, 0.4) is 0 Å². The van der Waals surface area contributed by atoms with Crippen molar-refractivity contribution in [1.82, 2.24) is 0 Å². The molecule has 0 aliphatic rings. The summed E-state index contributed by atoms with van der Waals surface area (Å²) >= 11 is 0. The third kappa shape index (κ3) is 10.0. The molecule has 0 aromatic heterocycles. The van der Waals surface area contributed by atoms with Crippen LogP contribution in [0, 0.1) is 0 Å². The average Bonchev–Trinajstić information content (AvgIpc) is 2.48. The molecule has 0 saturated heterocycles. The molecule has 0 aliphatic carbocycles. The van der Waals surface area contributed by atoms with Gasteiger partial charge in [0.2, 0.25) is 0 Å². The molecule has 27 heavy (non-hydrogen) atoms. The molecule has 3 nitrogen and oxygen atoms in total. The van der Waals surface area contributed by atoms with Crippen LogP contribution in [0.5, 0.6) is 0 Å². The zero-order valence-corrected chi connectivity index (χ0v) is 21.5. The van der Waals surface area contributed by atoms with E-state index < -0.39 is 16.6 Å². The molecule has 5 heteroatoms. The fourth-order valence-electron chi connectivity index (χ4n) is 1.98. The Bertz CT molecular complexity index is 495. The zero-order valence-electron chi connectivity index (χ0n) is 19.5. The van der Waals surface area contributed by atoms with Crippen LogP contribution in [0.1, 0.15) is 60.8 Å². The molecule has 0 aromatic carbocycles. The van der Waals surface area contributed by atoms with Crippen molar-refractivity contribution < 1.29 is 13.6 Å². The Hall–Kier alpha value is -0.496. The van der Waals surface area contributed by atoms with E-state index in [-0.39, 0.29) is 16.2 Å². The summed E-state index contributed by atoms with van der Waals surface area (Å²) in [5.74, 6) is 0. The van der Waals surface area contributed by atoms with Gasteiger partial charge in [-0.25, -0.2) is 0 Å². The minimum absolute atomic E-state index is 0.0316. The predicted octanol–water partition coefficient (Wildman–Crippen LogP) is 6.88. The normalized spacial score (nSPS) is 15.6. The molecule has 0 fully saturated rings. The van der Waals surface area contributed by atoms with Crippen molar-refractivity contribution >= 4 is 22.9 Å². The van der Waals surface area contributed by atoms with E-state index in [4.69, 9.17) is 8.85 Å². The van der Waals surface area contributed by atoms with E-state index in [0.29, 0.717) is 0 Å². The van der Waals surface area contributed by atoms with Gasteiger partial charge in [0.05, 0.1) is 6.10 Å². The number of unbranched alkanes of at least 4 members (excludes halogenated alkanes) is 1. The molecular formula is C22H44O3Si2. The summed E-state index contributed by atoms with van der Waals surface area (Å²) in [4.78, 5) is 10.7. The molecule has 0 amide bonds. The largest absolute Gasteiger partial charge is 0.417 e. The molecule has 0 bridgehead atoms. The van der Waals surface area contributed by atoms with Gasteiger partial charge in [0.1, 0.15) is 6.29 Å². The van der Waals surface area contributed by atoms with Gasteiger partial charge in [-0.05, 0) is 61.6 Å². The highest BCUT2D eigenvalue weighted by Gasteiger charge is 2.38. The van der Waals surface area contributed by atoms with Gasteiger partial charge in [0, 0.05) is 6.61 Å². The summed E-state index contributed by atoms with van der Waals surface area (Å²) in [5.41, 5.74) is 0. The minimum atomic E-state index is -1.85. The number of hydrogen-bond acceptors (Lipinski definition) is 3. The number of carbonyl (C=O) groups is 1.